The fourth-order valence-corrected chi connectivity index (χ4v) is 4.63. The number of azide groups is 1. The van der Waals surface area contributed by atoms with Gasteiger partial charge in [-0.05, 0) is 35.7 Å². The van der Waals surface area contributed by atoms with Crippen molar-refractivity contribution in [3.63, 3.8) is 0 Å². The van der Waals surface area contributed by atoms with Crippen molar-refractivity contribution < 1.29 is 4.79 Å². The molecule has 0 fully saturated rings. The third kappa shape index (κ3) is 5.02. The Morgan fingerprint density at radius 1 is 1.32 bits per heavy atom. The van der Waals surface area contributed by atoms with Crippen LogP contribution in [0.4, 0.5) is 10.8 Å². The molecule has 7 nitrogen and oxygen atoms in total. The normalized spacial score (nSPS) is 11.5. The molecule has 1 N–H and O–H groups in total. The largest absolute Gasteiger partial charge is 0.296 e. The monoisotopic (exact) mass is 430 g/mol. The Balaban J connectivity index is 1.70. The van der Waals surface area contributed by atoms with Gasteiger partial charge in [0.25, 0.3) is 5.91 Å². The van der Waals surface area contributed by atoms with Crippen molar-refractivity contribution in [2.45, 2.75) is 22.9 Å². The van der Waals surface area contributed by atoms with E-state index in [1.54, 1.807) is 17.8 Å². The molecule has 1 aromatic heterocycles. The second-order valence-electron chi connectivity index (χ2n) is 5.61. The SMILES string of the molecule is CCC(Sc1nnc(NC(=O)c2ccc(Cl)c(N=[N+]=[N-])c2)s1)c1ccccc1. The second kappa shape index (κ2) is 9.57. The first-order valence-electron chi connectivity index (χ1n) is 8.31. The van der Waals surface area contributed by atoms with Crippen LogP contribution < -0.4 is 5.32 Å². The van der Waals surface area contributed by atoms with Crippen LogP contribution in [0.15, 0.2) is 58.0 Å². The van der Waals surface area contributed by atoms with Gasteiger partial charge in [0.15, 0.2) is 4.34 Å². The van der Waals surface area contributed by atoms with E-state index in [-0.39, 0.29) is 21.9 Å². The van der Waals surface area contributed by atoms with E-state index in [0.717, 1.165) is 10.8 Å². The van der Waals surface area contributed by atoms with E-state index in [1.165, 1.54) is 29.0 Å². The third-order valence-corrected chi connectivity index (χ3v) is 6.44. The summed E-state index contributed by atoms with van der Waals surface area (Å²) < 4.78 is 0.775. The molecule has 28 heavy (non-hydrogen) atoms. The summed E-state index contributed by atoms with van der Waals surface area (Å²) in [4.78, 5) is 15.1. The number of nitrogens with zero attached hydrogens (tertiary/aromatic N) is 5. The van der Waals surface area contributed by atoms with E-state index >= 15 is 0 Å². The van der Waals surface area contributed by atoms with Crippen LogP contribution in [0.5, 0.6) is 0 Å². The zero-order valence-electron chi connectivity index (χ0n) is 14.7. The summed E-state index contributed by atoms with van der Waals surface area (Å²) in [7, 11) is 0. The minimum absolute atomic E-state index is 0.193. The minimum Gasteiger partial charge on any atom is -0.296 e. The topological polar surface area (TPSA) is 104 Å². The molecule has 1 unspecified atom stereocenters. The first kappa shape index (κ1) is 20.2. The lowest BCUT2D eigenvalue weighted by atomic mass is 10.1. The standard InChI is InChI=1S/C18H15ClN6OS2/c1-2-15(11-6-4-3-5-7-11)27-18-24-23-17(28-18)21-16(26)12-8-9-13(19)14(10-12)22-25-20/h3-10,15H,2H2,1H3,(H,21,23,26). The van der Waals surface area contributed by atoms with E-state index in [9.17, 15) is 4.79 Å². The first-order valence-corrected chi connectivity index (χ1v) is 10.4. The molecular weight excluding hydrogens is 416 g/mol. The molecule has 142 valence electrons. The summed E-state index contributed by atoms with van der Waals surface area (Å²) in [6.07, 6.45) is 0.947. The van der Waals surface area contributed by atoms with E-state index in [1.807, 2.05) is 18.2 Å². The number of amides is 1. The zero-order chi connectivity index (χ0) is 19.9. The van der Waals surface area contributed by atoms with Gasteiger partial charge in [-0.15, -0.1) is 10.2 Å². The summed E-state index contributed by atoms with van der Waals surface area (Å²) in [6.45, 7) is 2.12. The quantitative estimate of drug-likeness (QED) is 0.149. The van der Waals surface area contributed by atoms with Crippen LogP contribution in [0.25, 0.3) is 10.4 Å². The molecule has 10 heteroatoms. The maximum Gasteiger partial charge on any atom is 0.257 e. The molecule has 0 saturated heterocycles. The van der Waals surface area contributed by atoms with E-state index in [0.29, 0.717) is 10.7 Å². The fraction of sp³-hybridized carbons (Fsp3) is 0.167. The number of hydrogen-bond donors (Lipinski definition) is 1. The summed E-state index contributed by atoms with van der Waals surface area (Å²) in [5, 5.41) is 15.3. The molecule has 0 spiro atoms. The second-order valence-corrected chi connectivity index (χ2v) is 8.44. The van der Waals surface area contributed by atoms with Crippen molar-refractivity contribution in [2.75, 3.05) is 5.32 Å². The Hall–Kier alpha value is -2.58. The lowest BCUT2D eigenvalue weighted by Gasteiger charge is -2.12. The Morgan fingerprint density at radius 2 is 2.11 bits per heavy atom. The van der Waals surface area contributed by atoms with Crippen LogP contribution in [0.2, 0.25) is 5.02 Å². The molecule has 1 amide bonds. The molecule has 1 heterocycles. The Kier molecular flexibility index (Phi) is 6.89. The Bertz CT molecular complexity index is 1020. The fourth-order valence-electron chi connectivity index (χ4n) is 2.43. The van der Waals surface area contributed by atoms with Gasteiger partial charge in [-0.2, -0.15) is 0 Å². The molecule has 3 rings (SSSR count). The average Bonchev–Trinajstić information content (AvgIpc) is 3.15. The van der Waals surface area contributed by atoms with Crippen LogP contribution in [0.1, 0.15) is 34.5 Å². The van der Waals surface area contributed by atoms with Gasteiger partial charge in [-0.25, -0.2) is 0 Å². The molecule has 0 aliphatic heterocycles. The number of carbonyl (C=O) groups excluding carboxylic acids is 1. The van der Waals surface area contributed by atoms with E-state index in [4.69, 9.17) is 17.1 Å². The third-order valence-electron chi connectivity index (χ3n) is 3.77. The smallest absolute Gasteiger partial charge is 0.257 e. The van der Waals surface area contributed by atoms with Gasteiger partial charge >= 0.3 is 0 Å². The summed E-state index contributed by atoms with van der Waals surface area (Å²) >= 11 is 8.87. The highest BCUT2D eigenvalue weighted by Gasteiger charge is 2.16. The van der Waals surface area contributed by atoms with E-state index in [2.05, 4.69) is 44.6 Å². The van der Waals surface area contributed by atoms with Gasteiger partial charge in [0.2, 0.25) is 5.13 Å². The number of thioether (sulfide) groups is 1. The number of halogens is 1. The molecule has 0 radical (unpaired) electrons. The maximum atomic E-state index is 12.4. The lowest BCUT2D eigenvalue weighted by molar-refractivity contribution is 0.102. The van der Waals surface area contributed by atoms with Gasteiger partial charge in [-0.3, -0.25) is 10.1 Å². The summed E-state index contributed by atoms with van der Waals surface area (Å²) in [5.41, 5.74) is 10.3. The van der Waals surface area contributed by atoms with Crippen molar-refractivity contribution in [1.82, 2.24) is 10.2 Å². The Labute approximate surface area is 174 Å². The molecule has 0 aliphatic rings. The lowest BCUT2D eigenvalue weighted by Crippen LogP contribution is -2.11. The molecule has 3 aromatic rings. The Morgan fingerprint density at radius 3 is 2.82 bits per heavy atom. The zero-order valence-corrected chi connectivity index (χ0v) is 17.1. The predicted octanol–water partition coefficient (Wildman–Crippen LogP) is 6.63. The van der Waals surface area contributed by atoms with Gasteiger partial charge < -0.3 is 0 Å². The minimum atomic E-state index is -0.381. The number of benzene rings is 2. The molecule has 1 atom stereocenters. The average molecular weight is 431 g/mol. The van der Waals surface area contributed by atoms with Gasteiger partial charge in [0.1, 0.15) is 0 Å². The van der Waals surface area contributed by atoms with Crippen molar-refractivity contribution in [1.29, 1.82) is 0 Å². The van der Waals surface area contributed by atoms with Crippen molar-refractivity contribution in [3.8, 4) is 0 Å². The van der Waals surface area contributed by atoms with Crippen LogP contribution >= 0.6 is 34.7 Å². The number of hydrogen-bond acceptors (Lipinski definition) is 6. The van der Waals surface area contributed by atoms with Crippen molar-refractivity contribution >= 4 is 51.4 Å². The summed E-state index contributed by atoms with van der Waals surface area (Å²) in [5.74, 6) is -0.381. The van der Waals surface area contributed by atoms with Crippen molar-refractivity contribution in [2.24, 2.45) is 5.11 Å². The molecular formula is C18H15ClN6OS2. The highest BCUT2D eigenvalue weighted by atomic mass is 35.5. The molecule has 0 saturated carbocycles. The van der Waals surface area contributed by atoms with Gasteiger partial charge in [0, 0.05) is 15.7 Å². The predicted molar refractivity (Wildman–Crippen MR) is 113 cm³/mol. The molecule has 0 aliphatic carbocycles. The van der Waals surface area contributed by atoms with Crippen molar-refractivity contribution in [3.05, 3.63) is 75.1 Å². The molecule has 0 bridgehead atoms. The highest BCUT2D eigenvalue weighted by molar-refractivity contribution is 8.01. The maximum absolute atomic E-state index is 12.4. The first-order chi connectivity index (χ1) is 13.6. The number of anilines is 1. The van der Waals surface area contributed by atoms with E-state index < -0.39 is 0 Å². The highest BCUT2D eigenvalue weighted by Crippen LogP contribution is 2.39. The summed E-state index contributed by atoms with van der Waals surface area (Å²) in [6, 6.07) is 14.7. The molecule has 2 aromatic carbocycles. The number of rotatable bonds is 7. The van der Waals surface area contributed by atoms with Crippen LogP contribution in [0.3, 0.4) is 0 Å². The van der Waals surface area contributed by atoms with Crippen LogP contribution in [-0.2, 0) is 0 Å². The van der Waals surface area contributed by atoms with Crippen LogP contribution in [-0.4, -0.2) is 16.1 Å². The number of aromatic nitrogens is 2. The van der Waals surface area contributed by atoms with Gasteiger partial charge in [-0.1, -0.05) is 77.1 Å². The number of carbonyl (C=O) groups is 1. The van der Waals surface area contributed by atoms with Crippen LogP contribution in [0, 0.1) is 0 Å². The number of nitrogens with one attached hydrogen (secondary N) is 1. The van der Waals surface area contributed by atoms with Gasteiger partial charge in [0.05, 0.1) is 10.7 Å².